The van der Waals surface area contributed by atoms with Gasteiger partial charge in [0, 0.05) is 31.0 Å². The number of imide groups is 1. The van der Waals surface area contributed by atoms with Crippen LogP contribution < -0.4 is 5.32 Å². The summed E-state index contributed by atoms with van der Waals surface area (Å²) in [5.74, 6) is 0.974. The highest BCUT2D eigenvalue weighted by atomic mass is 32.2. The standard InChI is InChI=1S/C20H24N2O3S/c23-18(21-11-13-26-14-15-6-2-1-3-7-15)10-12-22-19(24)16-8-4-5-9-17(16)20(22)25/h1-7,16-17H,8-14H2,(H,21,23)/t16-,17+. The van der Waals surface area contributed by atoms with E-state index >= 15 is 0 Å². The molecule has 3 amide bonds. The van der Waals surface area contributed by atoms with Crippen LogP contribution in [0.15, 0.2) is 42.5 Å². The van der Waals surface area contributed by atoms with Crippen molar-refractivity contribution in [3.63, 3.8) is 0 Å². The Labute approximate surface area is 158 Å². The monoisotopic (exact) mass is 372 g/mol. The minimum atomic E-state index is -0.218. The maximum absolute atomic E-state index is 12.3. The summed E-state index contributed by atoms with van der Waals surface area (Å²) in [5, 5.41) is 2.86. The molecule has 2 atom stereocenters. The Morgan fingerprint density at radius 1 is 1.08 bits per heavy atom. The van der Waals surface area contributed by atoms with Crippen molar-refractivity contribution in [2.24, 2.45) is 11.8 Å². The van der Waals surface area contributed by atoms with E-state index in [2.05, 4.69) is 17.4 Å². The predicted molar refractivity (Wildman–Crippen MR) is 102 cm³/mol. The minimum Gasteiger partial charge on any atom is -0.355 e. The molecule has 1 heterocycles. The molecule has 6 heteroatoms. The number of nitrogens with one attached hydrogen (secondary N) is 1. The fourth-order valence-electron chi connectivity index (χ4n) is 3.42. The molecule has 1 aliphatic heterocycles. The summed E-state index contributed by atoms with van der Waals surface area (Å²) in [7, 11) is 0. The van der Waals surface area contributed by atoms with Crippen LogP contribution >= 0.6 is 11.8 Å². The summed E-state index contributed by atoms with van der Waals surface area (Å²) in [6, 6.07) is 10.2. The third-order valence-corrected chi connectivity index (χ3v) is 5.87. The molecule has 1 aromatic carbocycles. The molecule has 138 valence electrons. The van der Waals surface area contributed by atoms with Gasteiger partial charge in [-0.25, -0.2) is 0 Å². The first-order valence-corrected chi connectivity index (χ1v) is 10.2. The maximum atomic E-state index is 12.3. The lowest BCUT2D eigenvalue weighted by Crippen LogP contribution is -2.36. The van der Waals surface area contributed by atoms with E-state index in [4.69, 9.17) is 0 Å². The molecule has 2 aliphatic rings. The summed E-state index contributed by atoms with van der Waals surface area (Å²) in [6.07, 6.45) is 5.38. The molecule has 3 rings (SSSR count). The lowest BCUT2D eigenvalue weighted by molar-refractivity contribution is -0.140. The summed E-state index contributed by atoms with van der Waals surface area (Å²) in [5.41, 5.74) is 1.27. The van der Waals surface area contributed by atoms with Crippen molar-refractivity contribution < 1.29 is 14.4 Å². The Kier molecular flexibility index (Phi) is 6.50. The Hall–Kier alpha value is -2.08. The van der Waals surface area contributed by atoms with E-state index in [1.54, 1.807) is 11.8 Å². The summed E-state index contributed by atoms with van der Waals surface area (Å²) >= 11 is 1.77. The lowest BCUT2D eigenvalue weighted by atomic mass is 9.85. The predicted octanol–water partition coefficient (Wildman–Crippen LogP) is 2.38. The summed E-state index contributed by atoms with van der Waals surface area (Å²) in [6.45, 7) is 0.779. The molecule has 1 N–H and O–H groups in total. The van der Waals surface area contributed by atoms with Crippen LogP contribution in [0.25, 0.3) is 0 Å². The van der Waals surface area contributed by atoms with Gasteiger partial charge in [-0.05, 0) is 18.4 Å². The van der Waals surface area contributed by atoms with Gasteiger partial charge in [0.05, 0.1) is 11.8 Å². The highest BCUT2D eigenvalue weighted by Gasteiger charge is 2.46. The zero-order valence-corrected chi connectivity index (χ0v) is 15.5. The maximum Gasteiger partial charge on any atom is 0.233 e. The van der Waals surface area contributed by atoms with Gasteiger partial charge in [-0.15, -0.1) is 0 Å². The van der Waals surface area contributed by atoms with Gasteiger partial charge in [-0.1, -0.05) is 42.5 Å². The molecule has 0 spiro atoms. The molecule has 0 unspecified atom stereocenters. The van der Waals surface area contributed by atoms with Crippen LogP contribution in [-0.4, -0.2) is 41.5 Å². The summed E-state index contributed by atoms with van der Waals surface area (Å²) < 4.78 is 0. The minimum absolute atomic E-state index is 0.112. The number of nitrogens with zero attached hydrogens (tertiary/aromatic N) is 1. The second-order valence-corrected chi connectivity index (χ2v) is 7.73. The number of allylic oxidation sites excluding steroid dienone is 2. The van der Waals surface area contributed by atoms with Crippen LogP contribution in [0.3, 0.4) is 0 Å². The fourth-order valence-corrected chi connectivity index (χ4v) is 4.24. The average Bonchev–Trinajstić information content (AvgIpc) is 2.91. The topological polar surface area (TPSA) is 66.5 Å². The molecule has 1 aliphatic carbocycles. The van der Waals surface area contributed by atoms with Gasteiger partial charge < -0.3 is 5.32 Å². The highest BCUT2D eigenvalue weighted by molar-refractivity contribution is 7.98. The fraction of sp³-hybridized carbons (Fsp3) is 0.450. The molecule has 1 fully saturated rings. The number of thioether (sulfide) groups is 1. The molecular weight excluding hydrogens is 348 g/mol. The van der Waals surface area contributed by atoms with Crippen molar-refractivity contribution in [2.75, 3.05) is 18.8 Å². The first-order chi connectivity index (χ1) is 12.7. The Bertz CT molecular complexity index is 664. The van der Waals surface area contributed by atoms with Gasteiger partial charge in [0.1, 0.15) is 0 Å². The van der Waals surface area contributed by atoms with Crippen LogP contribution in [0, 0.1) is 11.8 Å². The van der Waals surface area contributed by atoms with Crippen LogP contribution in [0.2, 0.25) is 0 Å². The molecule has 0 bridgehead atoms. The highest BCUT2D eigenvalue weighted by Crippen LogP contribution is 2.34. The van der Waals surface area contributed by atoms with Crippen LogP contribution in [-0.2, 0) is 20.1 Å². The van der Waals surface area contributed by atoms with E-state index in [1.165, 1.54) is 10.5 Å². The van der Waals surface area contributed by atoms with Crippen molar-refractivity contribution in [1.82, 2.24) is 10.2 Å². The van der Waals surface area contributed by atoms with Crippen molar-refractivity contribution >= 4 is 29.5 Å². The molecule has 1 saturated heterocycles. The largest absolute Gasteiger partial charge is 0.355 e. The van der Waals surface area contributed by atoms with Gasteiger partial charge in [0.15, 0.2) is 0 Å². The molecule has 0 aromatic heterocycles. The molecule has 26 heavy (non-hydrogen) atoms. The number of carbonyl (C=O) groups excluding carboxylic acids is 3. The van der Waals surface area contributed by atoms with Crippen LogP contribution in [0.5, 0.6) is 0 Å². The molecule has 0 radical (unpaired) electrons. The Morgan fingerprint density at radius 2 is 1.73 bits per heavy atom. The molecule has 1 aromatic rings. The number of carbonyl (C=O) groups is 3. The van der Waals surface area contributed by atoms with E-state index in [9.17, 15) is 14.4 Å². The number of hydrogen-bond donors (Lipinski definition) is 1. The summed E-state index contributed by atoms with van der Waals surface area (Å²) in [4.78, 5) is 37.9. The normalized spacial score (nSPS) is 21.8. The van der Waals surface area contributed by atoms with Crippen molar-refractivity contribution in [3.05, 3.63) is 48.0 Å². The van der Waals surface area contributed by atoms with Gasteiger partial charge in [-0.3, -0.25) is 19.3 Å². The number of hydrogen-bond acceptors (Lipinski definition) is 4. The van der Waals surface area contributed by atoms with E-state index in [-0.39, 0.29) is 42.5 Å². The van der Waals surface area contributed by atoms with E-state index in [0.29, 0.717) is 19.4 Å². The second-order valence-electron chi connectivity index (χ2n) is 6.62. The van der Waals surface area contributed by atoms with E-state index < -0.39 is 0 Å². The first kappa shape index (κ1) is 18.7. The lowest BCUT2D eigenvalue weighted by Gasteiger charge is -2.14. The number of benzene rings is 1. The second kappa shape index (κ2) is 9.03. The van der Waals surface area contributed by atoms with Crippen molar-refractivity contribution in [1.29, 1.82) is 0 Å². The van der Waals surface area contributed by atoms with Crippen LogP contribution in [0.4, 0.5) is 0 Å². The van der Waals surface area contributed by atoms with Crippen molar-refractivity contribution in [3.8, 4) is 0 Å². The number of likely N-dealkylation sites (tertiary alicyclic amines) is 1. The molecule has 5 nitrogen and oxygen atoms in total. The Balaban J connectivity index is 1.33. The SMILES string of the molecule is O=C(CCN1C(=O)[C@H]2CC=CC[C@H]2C1=O)NCCSCc1ccccc1. The number of rotatable bonds is 8. The van der Waals surface area contributed by atoms with E-state index in [1.807, 2.05) is 30.4 Å². The first-order valence-electron chi connectivity index (χ1n) is 9.05. The van der Waals surface area contributed by atoms with Crippen LogP contribution in [0.1, 0.15) is 24.8 Å². The number of fused-ring (bicyclic) bond motifs is 1. The third kappa shape index (κ3) is 4.55. The van der Waals surface area contributed by atoms with Gasteiger partial charge in [0.25, 0.3) is 0 Å². The zero-order valence-electron chi connectivity index (χ0n) is 14.7. The molecule has 0 saturated carbocycles. The third-order valence-electron chi connectivity index (χ3n) is 4.84. The average molecular weight is 372 g/mol. The smallest absolute Gasteiger partial charge is 0.233 e. The Morgan fingerprint density at radius 3 is 2.38 bits per heavy atom. The van der Waals surface area contributed by atoms with E-state index in [0.717, 1.165) is 11.5 Å². The quantitative estimate of drug-likeness (QED) is 0.432. The van der Waals surface area contributed by atoms with Gasteiger partial charge >= 0.3 is 0 Å². The van der Waals surface area contributed by atoms with Gasteiger partial charge in [0.2, 0.25) is 17.7 Å². The molecular formula is C20H24N2O3S. The van der Waals surface area contributed by atoms with Crippen molar-refractivity contribution in [2.45, 2.75) is 25.0 Å². The van der Waals surface area contributed by atoms with Gasteiger partial charge in [-0.2, -0.15) is 11.8 Å². The zero-order chi connectivity index (χ0) is 18.4. The number of amides is 3.